The molecule has 1 aromatic heterocycles. The predicted molar refractivity (Wildman–Crippen MR) is 90.4 cm³/mol. The number of amides is 1. The maximum atomic E-state index is 12.4. The highest BCUT2D eigenvalue weighted by atomic mass is 16.1. The number of carbonyl (C=O) groups excluding carboxylic acids is 1. The average Bonchev–Trinajstić information content (AvgIpc) is 2.61. The molecule has 1 N–H and O–H groups in total. The summed E-state index contributed by atoms with van der Waals surface area (Å²) in [4.78, 5) is 16.3. The molecule has 0 aliphatic carbocycles. The highest BCUT2D eigenvalue weighted by Crippen LogP contribution is 2.23. The van der Waals surface area contributed by atoms with Gasteiger partial charge in [-0.3, -0.25) is 9.78 Å². The topological polar surface area (TPSA) is 65.8 Å². The summed E-state index contributed by atoms with van der Waals surface area (Å²) in [5.41, 5.74) is 1.48. The van der Waals surface area contributed by atoms with E-state index in [2.05, 4.69) is 10.3 Å². The van der Waals surface area contributed by atoms with Crippen LogP contribution in [0.25, 0.3) is 16.8 Å². The van der Waals surface area contributed by atoms with E-state index >= 15 is 0 Å². The fraction of sp³-hybridized carbons (Fsp3) is 0. The molecule has 0 spiro atoms. The molecule has 4 heteroatoms. The molecule has 0 aliphatic heterocycles. The van der Waals surface area contributed by atoms with Crippen LogP contribution in [0.4, 0.5) is 5.69 Å². The van der Waals surface area contributed by atoms with Crippen LogP contribution in [0.15, 0.2) is 72.6 Å². The second-order valence-electron chi connectivity index (χ2n) is 4.93. The molecule has 1 amide bonds. The van der Waals surface area contributed by atoms with Crippen molar-refractivity contribution in [3.8, 4) is 6.07 Å². The van der Waals surface area contributed by atoms with Gasteiger partial charge < -0.3 is 5.32 Å². The fourth-order valence-corrected chi connectivity index (χ4v) is 2.30. The van der Waals surface area contributed by atoms with E-state index in [0.29, 0.717) is 5.69 Å². The first-order chi connectivity index (χ1) is 11.3. The summed E-state index contributed by atoms with van der Waals surface area (Å²) in [6.45, 7) is 0. The number of fused-ring (bicyclic) bond motifs is 1. The van der Waals surface area contributed by atoms with Crippen molar-refractivity contribution in [1.29, 1.82) is 5.26 Å². The molecule has 0 saturated heterocycles. The second kappa shape index (κ2) is 6.54. The molecule has 0 fully saturated rings. The average molecular weight is 299 g/mol. The number of carbonyl (C=O) groups is 1. The van der Waals surface area contributed by atoms with E-state index in [-0.39, 0.29) is 5.57 Å². The van der Waals surface area contributed by atoms with Gasteiger partial charge in [0, 0.05) is 23.5 Å². The van der Waals surface area contributed by atoms with Gasteiger partial charge in [-0.2, -0.15) is 5.26 Å². The number of benzene rings is 2. The van der Waals surface area contributed by atoms with Crippen molar-refractivity contribution in [2.75, 3.05) is 5.32 Å². The van der Waals surface area contributed by atoms with Gasteiger partial charge in [-0.15, -0.1) is 0 Å². The van der Waals surface area contributed by atoms with Gasteiger partial charge in [0.15, 0.2) is 0 Å². The fourth-order valence-electron chi connectivity index (χ4n) is 2.30. The molecule has 23 heavy (non-hydrogen) atoms. The zero-order chi connectivity index (χ0) is 16.1. The summed E-state index contributed by atoms with van der Waals surface area (Å²) in [5.74, 6) is -0.430. The number of pyridine rings is 1. The minimum Gasteiger partial charge on any atom is -0.321 e. The maximum absolute atomic E-state index is 12.4. The van der Waals surface area contributed by atoms with E-state index in [1.54, 1.807) is 30.6 Å². The first-order valence-electron chi connectivity index (χ1n) is 7.09. The molecule has 4 nitrogen and oxygen atoms in total. The lowest BCUT2D eigenvalue weighted by molar-refractivity contribution is -0.112. The Hall–Kier alpha value is -3.45. The third-order valence-corrected chi connectivity index (χ3v) is 3.42. The van der Waals surface area contributed by atoms with E-state index in [4.69, 9.17) is 0 Å². The first kappa shape index (κ1) is 14.5. The summed E-state index contributed by atoms with van der Waals surface area (Å²) in [6.07, 6.45) is 4.77. The van der Waals surface area contributed by atoms with Gasteiger partial charge >= 0.3 is 0 Å². The molecular weight excluding hydrogens is 286 g/mol. The Labute approximate surface area is 133 Å². The normalized spacial score (nSPS) is 11.0. The summed E-state index contributed by atoms with van der Waals surface area (Å²) < 4.78 is 0. The standard InChI is InChI=1S/C19H13N3O/c20-13-16(12-14-8-10-21-11-9-14)19(23)22-18-7-3-5-15-4-1-2-6-17(15)18/h1-12H,(H,22,23)/b16-12+. The Balaban J connectivity index is 1.91. The van der Waals surface area contributed by atoms with Crippen LogP contribution in [-0.4, -0.2) is 10.9 Å². The summed E-state index contributed by atoms with van der Waals surface area (Å²) in [5, 5.41) is 14.0. The molecular formula is C19H13N3O. The molecule has 110 valence electrons. The van der Waals surface area contributed by atoms with Crippen molar-refractivity contribution in [2.24, 2.45) is 0 Å². The molecule has 2 aromatic carbocycles. The molecule has 0 unspecified atom stereocenters. The number of hydrogen-bond acceptors (Lipinski definition) is 3. The van der Waals surface area contributed by atoms with E-state index in [0.717, 1.165) is 16.3 Å². The van der Waals surface area contributed by atoms with Crippen molar-refractivity contribution in [3.05, 3.63) is 78.1 Å². The van der Waals surface area contributed by atoms with Crippen molar-refractivity contribution in [3.63, 3.8) is 0 Å². The number of nitrogens with one attached hydrogen (secondary N) is 1. The smallest absolute Gasteiger partial charge is 0.266 e. The van der Waals surface area contributed by atoms with Gasteiger partial charge in [0.25, 0.3) is 5.91 Å². The lowest BCUT2D eigenvalue weighted by Crippen LogP contribution is -2.13. The zero-order valence-corrected chi connectivity index (χ0v) is 12.2. The summed E-state index contributed by atoms with van der Waals surface area (Å²) in [7, 11) is 0. The Morgan fingerprint density at radius 1 is 1.04 bits per heavy atom. The summed E-state index contributed by atoms with van der Waals surface area (Å²) in [6, 6.07) is 18.9. The molecule has 0 atom stereocenters. The van der Waals surface area contributed by atoms with Crippen molar-refractivity contribution < 1.29 is 4.79 Å². The van der Waals surface area contributed by atoms with E-state index in [1.807, 2.05) is 48.5 Å². The quantitative estimate of drug-likeness (QED) is 0.591. The molecule has 0 saturated carbocycles. The highest BCUT2D eigenvalue weighted by molar-refractivity contribution is 6.12. The zero-order valence-electron chi connectivity index (χ0n) is 12.2. The second-order valence-corrected chi connectivity index (χ2v) is 4.93. The number of aromatic nitrogens is 1. The lowest BCUT2D eigenvalue weighted by Gasteiger charge is -2.08. The Morgan fingerprint density at radius 3 is 2.57 bits per heavy atom. The van der Waals surface area contributed by atoms with Crippen LogP contribution < -0.4 is 5.32 Å². The largest absolute Gasteiger partial charge is 0.321 e. The number of nitrogens with zero attached hydrogens (tertiary/aromatic N) is 2. The number of hydrogen-bond donors (Lipinski definition) is 1. The highest BCUT2D eigenvalue weighted by Gasteiger charge is 2.11. The third kappa shape index (κ3) is 3.25. The Bertz CT molecular complexity index is 919. The van der Waals surface area contributed by atoms with Crippen molar-refractivity contribution in [2.45, 2.75) is 0 Å². The van der Waals surface area contributed by atoms with Crippen molar-refractivity contribution >= 4 is 28.4 Å². The van der Waals surface area contributed by atoms with Gasteiger partial charge in [-0.05, 0) is 35.2 Å². The van der Waals surface area contributed by atoms with Crippen LogP contribution >= 0.6 is 0 Å². The Kier molecular flexibility index (Phi) is 4.12. The molecule has 1 heterocycles. The number of rotatable bonds is 3. The Morgan fingerprint density at radius 2 is 1.78 bits per heavy atom. The first-order valence-corrected chi connectivity index (χ1v) is 7.09. The summed E-state index contributed by atoms with van der Waals surface area (Å²) >= 11 is 0. The molecule has 0 bridgehead atoms. The van der Waals surface area contributed by atoms with Crippen LogP contribution in [0.2, 0.25) is 0 Å². The van der Waals surface area contributed by atoms with Crippen LogP contribution in [0.5, 0.6) is 0 Å². The maximum Gasteiger partial charge on any atom is 0.266 e. The van der Waals surface area contributed by atoms with Gasteiger partial charge in [0.05, 0.1) is 0 Å². The van der Waals surface area contributed by atoms with Crippen LogP contribution in [0.1, 0.15) is 5.56 Å². The SMILES string of the molecule is N#C/C(=C\c1ccncc1)C(=O)Nc1cccc2ccccc12. The third-order valence-electron chi connectivity index (χ3n) is 3.42. The molecule has 0 radical (unpaired) electrons. The van der Waals surface area contributed by atoms with Crippen LogP contribution in [0, 0.1) is 11.3 Å². The molecule has 3 rings (SSSR count). The molecule has 3 aromatic rings. The predicted octanol–water partition coefficient (Wildman–Crippen LogP) is 3.78. The van der Waals surface area contributed by atoms with Crippen LogP contribution in [-0.2, 0) is 4.79 Å². The monoisotopic (exact) mass is 299 g/mol. The number of nitriles is 1. The van der Waals surface area contributed by atoms with Crippen LogP contribution in [0.3, 0.4) is 0 Å². The van der Waals surface area contributed by atoms with Gasteiger partial charge in [-0.25, -0.2) is 0 Å². The van der Waals surface area contributed by atoms with Crippen molar-refractivity contribution in [1.82, 2.24) is 4.98 Å². The van der Waals surface area contributed by atoms with Gasteiger partial charge in [0.1, 0.15) is 11.6 Å². The van der Waals surface area contributed by atoms with E-state index in [9.17, 15) is 10.1 Å². The molecule has 0 aliphatic rings. The van der Waals surface area contributed by atoms with Gasteiger partial charge in [-0.1, -0.05) is 36.4 Å². The number of anilines is 1. The van der Waals surface area contributed by atoms with E-state index < -0.39 is 5.91 Å². The van der Waals surface area contributed by atoms with E-state index in [1.165, 1.54) is 0 Å². The van der Waals surface area contributed by atoms with Gasteiger partial charge in [0.2, 0.25) is 0 Å². The minimum absolute atomic E-state index is 0.0455. The minimum atomic E-state index is -0.430. The lowest BCUT2D eigenvalue weighted by atomic mass is 10.1.